The van der Waals surface area contributed by atoms with Gasteiger partial charge in [-0.2, -0.15) is 5.10 Å². The van der Waals surface area contributed by atoms with E-state index in [0.29, 0.717) is 11.6 Å². The maximum Gasteiger partial charge on any atom is 0.294 e. The first-order chi connectivity index (χ1) is 12.9. The highest BCUT2D eigenvalue weighted by molar-refractivity contribution is 5.92. The van der Waals surface area contributed by atoms with Crippen molar-refractivity contribution in [1.29, 1.82) is 0 Å². The molecular weight excluding hydrogens is 348 g/mol. The van der Waals surface area contributed by atoms with E-state index < -0.39 is 16.3 Å². The lowest BCUT2D eigenvalue weighted by Gasteiger charge is -2.26. The summed E-state index contributed by atoms with van der Waals surface area (Å²) in [7, 11) is 0. The van der Waals surface area contributed by atoms with Crippen LogP contribution >= 0.6 is 0 Å². The predicted octanol–water partition coefficient (Wildman–Crippen LogP) is 2.76. The Hall–Kier alpha value is -3.03. The Morgan fingerprint density at radius 2 is 1.93 bits per heavy atom. The lowest BCUT2D eigenvalue weighted by atomic mass is 9.87. The third kappa shape index (κ3) is 4.05. The number of nitrogens with one attached hydrogen (secondary N) is 1. The highest BCUT2D eigenvalue weighted by atomic mass is 16.6. The summed E-state index contributed by atoms with van der Waals surface area (Å²) in [6.45, 7) is 3.81. The van der Waals surface area contributed by atoms with Gasteiger partial charge in [-0.15, -0.1) is 0 Å². The lowest BCUT2D eigenvalue weighted by Crippen LogP contribution is -2.40. The molecule has 1 amide bonds. The molecular formula is C19H22N4O4. The fraction of sp³-hybridized carbons (Fsp3) is 0.421. The summed E-state index contributed by atoms with van der Waals surface area (Å²) in [4.78, 5) is 35.7. The summed E-state index contributed by atoms with van der Waals surface area (Å²) < 4.78 is 1.28. The van der Waals surface area contributed by atoms with E-state index in [1.807, 2.05) is 0 Å². The van der Waals surface area contributed by atoms with Crippen LogP contribution in [0.5, 0.6) is 0 Å². The Kier molecular flexibility index (Phi) is 5.34. The van der Waals surface area contributed by atoms with Crippen molar-refractivity contribution >= 4 is 11.6 Å². The highest BCUT2D eigenvalue weighted by Gasteiger charge is 2.24. The molecule has 0 unspecified atom stereocenters. The minimum atomic E-state index is -0.535. The van der Waals surface area contributed by atoms with Crippen LogP contribution in [0.1, 0.15) is 48.8 Å². The van der Waals surface area contributed by atoms with Gasteiger partial charge in [0.05, 0.1) is 4.92 Å². The first-order valence-electron chi connectivity index (χ1n) is 9.02. The van der Waals surface area contributed by atoms with Crippen LogP contribution in [0.25, 0.3) is 5.69 Å². The Morgan fingerprint density at radius 1 is 1.26 bits per heavy atom. The smallest absolute Gasteiger partial charge is 0.294 e. The topological polar surface area (TPSA) is 107 Å². The van der Waals surface area contributed by atoms with Crippen LogP contribution in [0.15, 0.2) is 35.1 Å². The molecule has 1 aliphatic carbocycles. The van der Waals surface area contributed by atoms with Crippen LogP contribution in [0.4, 0.5) is 5.69 Å². The molecule has 1 aromatic carbocycles. The van der Waals surface area contributed by atoms with E-state index in [9.17, 15) is 19.7 Å². The molecule has 0 radical (unpaired) electrons. The molecule has 1 aromatic heterocycles. The van der Waals surface area contributed by atoms with E-state index in [2.05, 4.69) is 17.3 Å². The highest BCUT2D eigenvalue weighted by Crippen LogP contribution is 2.24. The number of rotatable bonds is 4. The Bertz CT molecular complexity index is 930. The molecule has 1 N–H and O–H groups in total. The molecule has 0 spiro atoms. The van der Waals surface area contributed by atoms with Gasteiger partial charge in [-0.25, -0.2) is 4.68 Å². The number of para-hydroxylation sites is 2. The van der Waals surface area contributed by atoms with Gasteiger partial charge in [0.2, 0.25) is 5.43 Å². The Balaban J connectivity index is 1.94. The molecule has 1 heterocycles. The van der Waals surface area contributed by atoms with E-state index in [0.717, 1.165) is 25.7 Å². The summed E-state index contributed by atoms with van der Waals surface area (Å²) in [5.41, 5.74) is -0.274. The lowest BCUT2D eigenvalue weighted by molar-refractivity contribution is -0.384. The number of nitrogens with zero attached hydrogens (tertiary/aromatic N) is 3. The normalized spacial score (nSPS) is 19.5. The van der Waals surface area contributed by atoms with Gasteiger partial charge in [0, 0.05) is 23.9 Å². The van der Waals surface area contributed by atoms with Crippen LogP contribution < -0.4 is 10.7 Å². The summed E-state index contributed by atoms with van der Waals surface area (Å²) in [5, 5.41) is 18.3. The van der Waals surface area contributed by atoms with Gasteiger partial charge in [0.1, 0.15) is 5.69 Å². The number of hydrogen-bond acceptors (Lipinski definition) is 5. The second-order valence-corrected chi connectivity index (χ2v) is 7.09. The number of nitro benzene ring substituents is 1. The van der Waals surface area contributed by atoms with Gasteiger partial charge in [-0.05, 0) is 44.6 Å². The number of aryl methyl sites for hydroxylation is 1. The average Bonchev–Trinajstić information content (AvgIpc) is 2.63. The van der Waals surface area contributed by atoms with Crippen molar-refractivity contribution < 1.29 is 9.72 Å². The molecule has 3 rings (SSSR count). The molecule has 0 saturated heterocycles. The predicted molar refractivity (Wildman–Crippen MR) is 100 cm³/mol. The van der Waals surface area contributed by atoms with Crippen LogP contribution in [-0.2, 0) is 0 Å². The van der Waals surface area contributed by atoms with Gasteiger partial charge < -0.3 is 5.32 Å². The van der Waals surface area contributed by atoms with Gasteiger partial charge in [-0.3, -0.25) is 19.7 Å². The van der Waals surface area contributed by atoms with Crippen molar-refractivity contribution in [3.8, 4) is 5.69 Å². The summed E-state index contributed by atoms with van der Waals surface area (Å²) >= 11 is 0. The molecule has 1 aliphatic rings. The number of hydrogen-bond donors (Lipinski definition) is 1. The number of aromatic nitrogens is 2. The van der Waals surface area contributed by atoms with Crippen molar-refractivity contribution in [2.24, 2.45) is 5.92 Å². The van der Waals surface area contributed by atoms with Crippen molar-refractivity contribution in [2.45, 2.75) is 45.6 Å². The number of benzene rings is 1. The maximum absolute atomic E-state index is 12.6. The number of carbonyl (C=O) groups excluding carboxylic acids is 1. The van der Waals surface area contributed by atoms with E-state index >= 15 is 0 Å². The molecule has 8 heteroatoms. The third-order valence-electron chi connectivity index (χ3n) is 4.98. The molecule has 8 nitrogen and oxygen atoms in total. The van der Waals surface area contributed by atoms with Crippen molar-refractivity contribution in [2.75, 3.05) is 0 Å². The van der Waals surface area contributed by atoms with E-state index in [4.69, 9.17) is 0 Å². The van der Waals surface area contributed by atoms with Crippen molar-refractivity contribution in [3.63, 3.8) is 0 Å². The van der Waals surface area contributed by atoms with E-state index in [-0.39, 0.29) is 23.1 Å². The number of carbonyl (C=O) groups is 1. The first kappa shape index (κ1) is 18.8. The molecule has 27 heavy (non-hydrogen) atoms. The molecule has 2 aromatic rings. The standard InChI is InChI=1S/C19H22N4O4/c1-12-7-9-14(10-8-12)20-19(25)18-17(24)11-13(2)22(21-18)15-5-3-4-6-16(15)23(26)27/h3-6,11-12,14H,7-10H2,1-2H3,(H,20,25). The van der Waals surface area contributed by atoms with Crippen LogP contribution in [0.3, 0.4) is 0 Å². The minimum absolute atomic E-state index is 0.0238. The van der Waals surface area contributed by atoms with Crippen LogP contribution in [0.2, 0.25) is 0 Å². The fourth-order valence-corrected chi connectivity index (χ4v) is 3.40. The zero-order chi connectivity index (χ0) is 19.6. The largest absolute Gasteiger partial charge is 0.348 e. The van der Waals surface area contributed by atoms with Gasteiger partial charge in [0.15, 0.2) is 5.69 Å². The van der Waals surface area contributed by atoms with Gasteiger partial charge in [0.25, 0.3) is 11.6 Å². The third-order valence-corrected chi connectivity index (χ3v) is 4.98. The van der Waals surface area contributed by atoms with E-state index in [1.165, 1.54) is 22.9 Å². The van der Waals surface area contributed by atoms with Crippen molar-refractivity contribution in [1.82, 2.24) is 15.1 Å². The van der Waals surface area contributed by atoms with Crippen LogP contribution in [0, 0.1) is 23.0 Å². The number of nitro groups is 1. The summed E-state index contributed by atoms with van der Waals surface area (Å²) in [5.74, 6) is 0.110. The second kappa shape index (κ2) is 7.69. The minimum Gasteiger partial charge on any atom is -0.348 e. The monoisotopic (exact) mass is 370 g/mol. The van der Waals surface area contributed by atoms with Crippen LogP contribution in [-0.4, -0.2) is 26.7 Å². The quantitative estimate of drug-likeness (QED) is 0.658. The summed E-state index contributed by atoms with van der Waals surface area (Å²) in [6, 6.07) is 7.39. The SMILES string of the molecule is Cc1cc(=O)c(C(=O)NC2CCC(C)CC2)nn1-c1ccccc1[N+](=O)[O-]. The molecule has 1 fully saturated rings. The molecule has 142 valence electrons. The molecule has 0 atom stereocenters. The molecule has 0 bridgehead atoms. The summed E-state index contributed by atoms with van der Waals surface area (Å²) in [6.07, 6.45) is 3.81. The average molecular weight is 370 g/mol. The Morgan fingerprint density at radius 3 is 2.59 bits per heavy atom. The zero-order valence-electron chi connectivity index (χ0n) is 15.3. The zero-order valence-corrected chi connectivity index (χ0v) is 15.3. The van der Waals surface area contributed by atoms with Crippen molar-refractivity contribution in [3.05, 3.63) is 62.1 Å². The van der Waals surface area contributed by atoms with Gasteiger partial charge >= 0.3 is 0 Å². The fourth-order valence-electron chi connectivity index (χ4n) is 3.40. The first-order valence-corrected chi connectivity index (χ1v) is 9.02. The molecule has 0 aliphatic heterocycles. The Labute approximate surface area is 156 Å². The van der Waals surface area contributed by atoms with E-state index in [1.54, 1.807) is 19.1 Å². The second-order valence-electron chi connectivity index (χ2n) is 7.09. The number of amides is 1. The maximum atomic E-state index is 12.6. The van der Waals surface area contributed by atoms with Gasteiger partial charge in [-0.1, -0.05) is 19.1 Å². The molecule has 1 saturated carbocycles.